The van der Waals surface area contributed by atoms with Crippen molar-refractivity contribution in [2.24, 2.45) is 5.14 Å². The minimum atomic E-state index is -0.569. The maximum Gasteiger partial charge on any atom is 0.228 e. The first-order valence-corrected chi connectivity index (χ1v) is 10.0. The highest BCUT2D eigenvalue weighted by atomic mass is 35.5. The van der Waals surface area contributed by atoms with Gasteiger partial charge in [-0.3, -0.25) is 9.93 Å². The van der Waals surface area contributed by atoms with Crippen molar-refractivity contribution in [3.05, 3.63) is 82.9 Å². The average Bonchev–Trinajstić information content (AvgIpc) is 2.71. The van der Waals surface area contributed by atoms with E-state index in [0.717, 1.165) is 28.0 Å². The van der Waals surface area contributed by atoms with Crippen molar-refractivity contribution < 1.29 is 13.9 Å². The molecule has 0 bridgehead atoms. The van der Waals surface area contributed by atoms with Crippen LogP contribution in [-0.2, 0) is 11.2 Å². The highest BCUT2D eigenvalue weighted by Crippen LogP contribution is 2.30. The number of carbonyl (C=O) groups is 1. The van der Waals surface area contributed by atoms with E-state index in [1.807, 2.05) is 31.2 Å². The van der Waals surface area contributed by atoms with Crippen LogP contribution in [0.25, 0.3) is 0 Å². The van der Waals surface area contributed by atoms with Gasteiger partial charge in [0.05, 0.1) is 12.6 Å². The standard InChI is InChI=1S/C21H19ClFN3O2S/c1-13(28-16-7-9-20(23)25-12-16)17-8-6-15(11-19(17)29-24)26-21(27)10-14-4-2-3-5-18(14)22/h2-9,11-13H,10,24H2,1H3,(H,26,27). The van der Waals surface area contributed by atoms with Gasteiger partial charge in [0.2, 0.25) is 11.9 Å². The van der Waals surface area contributed by atoms with Crippen LogP contribution in [0.2, 0.25) is 5.02 Å². The van der Waals surface area contributed by atoms with E-state index in [9.17, 15) is 9.18 Å². The van der Waals surface area contributed by atoms with Crippen LogP contribution in [0.3, 0.4) is 0 Å². The van der Waals surface area contributed by atoms with Crippen molar-refractivity contribution in [3.8, 4) is 5.75 Å². The Morgan fingerprint density at radius 1 is 1.28 bits per heavy atom. The molecule has 0 radical (unpaired) electrons. The Kier molecular flexibility index (Phi) is 7.09. The lowest BCUT2D eigenvalue weighted by atomic mass is 10.1. The zero-order valence-electron chi connectivity index (χ0n) is 15.6. The van der Waals surface area contributed by atoms with Gasteiger partial charge in [-0.25, -0.2) is 4.98 Å². The SMILES string of the molecule is CC(Oc1ccc(F)nc1)c1ccc(NC(=O)Cc2ccccc2Cl)cc1SN. The molecule has 3 rings (SSSR count). The topological polar surface area (TPSA) is 77.2 Å². The number of ether oxygens (including phenoxy) is 1. The molecule has 0 saturated heterocycles. The van der Waals surface area contributed by atoms with Gasteiger partial charge in [0.15, 0.2) is 0 Å². The highest BCUT2D eigenvalue weighted by molar-refractivity contribution is 7.97. The largest absolute Gasteiger partial charge is 0.484 e. The fourth-order valence-corrected chi connectivity index (χ4v) is 3.54. The molecule has 29 heavy (non-hydrogen) atoms. The first kappa shape index (κ1) is 21.1. The monoisotopic (exact) mass is 431 g/mol. The number of hydrogen-bond donors (Lipinski definition) is 2. The Balaban J connectivity index is 1.70. The summed E-state index contributed by atoms with van der Waals surface area (Å²) < 4.78 is 18.8. The first-order chi connectivity index (χ1) is 14.0. The molecule has 0 fully saturated rings. The van der Waals surface area contributed by atoms with E-state index < -0.39 is 5.95 Å². The number of nitrogens with one attached hydrogen (secondary N) is 1. The van der Waals surface area contributed by atoms with E-state index in [1.54, 1.807) is 18.2 Å². The number of aromatic nitrogens is 1. The zero-order valence-corrected chi connectivity index (χ0v) is 17.1. The number of carbonyl (C=O) groups excluding carboxylic acids is 1. The second-order valence-corrected chi connectivity index (χ2v) is 7.35. The smallest absolute Gasteiger partial charge is 0.228 e. The van der Waals surface area contributed by atoms with Gasteiger partial charge in [-0.2, -0.15) is 4.39 Å². The molecule has 1 heterocycles. The summed E-state index contributed by atoms with van der Waals surface area (Å²) in [6, 6.07) is 15.4. The summed E-state index contributed by atoms with van der Waals surface area (Å²) in [7, 11) is 0. The lowest BCUT2D eigenvalue weighted by Crippen LogP contribution is -2.15. The number of rotatable bonds is 7. The summed E-state index contributed by atoms with van der Waals surface area (Å²) in [5.74, 6) is -0.301. The molecule has 0 aliphatic rings. The third-order valence-electron chi connectivity index (χ3n) is 4.18. The van der Waals surface area contributed by atoms with Crippen LogP contribution in [0.4, 0.5) is 10.1 Å². The fraction of sp³-hybridized carbons (Fsp3) is 0.143. The molecule has 1 unspecified atom stereocenters. The van der Waals surface area contributed by atoms with Gasteiger partial charge in [-0.15, -0.1) is 0 Å². The molecule has 3 aromatic rings. The molecule has 1 aromatic heterocycles. The van der Waals surface area contributed by atoms with Crippen molar-refractivity contribution in [2.75, 3.05) is 5.32 Å². The third-order valence-corrected chi connectivity index (χ3v) is 5.16. The normalized spacial score (nSPS) is 11.7. The number of amides is 1. The number of anilines is 1. The second kappa shape index (κ2) is 9.73. The second-order valence-electron chi connectivity index (χ2n) is 6.26. The van der Waals surface area contributed by atoms with Crippen LogP contribution in [0.15, 0.2) is 65.7 Å². The molecule has 0 aliphatic carbocycles. The van der Waals surface area contributed by atoms with Gasteiger partial charge >= 0.3 is 0 Å². The Hall–Kier alpha value is -2.61. The molecule has 1 atom stereocenters. The molecule has 2 aromatic carbocycles. The minimum absolute atomic E-state index is 0.170. The van der Waals surface area contributed by atoms with Gasteiger partial charge in [0.25, 0.3) is 0 Å². The van der Waals surface area contributed by atoms with Crippen molar-refractivity contribution >= 4 is 35.1 Å². The molecular weight excluding hydrogens is 413 g/mol. The van der Waals surface area contributed by atoms with E-state index in [4.69, 9.17) is 21.5 Å². The summed E-state index contributed by atoms with van der Waals surface area (Å²) in [5, 5.41) is 9.22. The van der Waals surface area contributed by atoms with Crippen LogP contribution < -0.4 is 15.2 Å². The van der Waals surface area contributed by atoms with Crippen LogP contribution in [0.1, 0.15) is 24.2 Å². The van der Waals surface area contributed by atoms with Crippen molar-refractivity contribution in [1.29, 1.82) is 0 Å². The highest BCUT2D eigenvalue weighted by Gasteiger charge is 2.15. The Morgan fingerprint density at radius 2 is 2.07 bits per heavy atom. The summed E-state index contributed by atoms with van der Waals surface area (Å²) in [6.07, 6.45) is 1.15. The molecule has 0 spiro atoms. The van der Waals surface area contributed by atoms with Crippen LogP contribution in [-0.4, -0.2) is 10.9 Å². The van der Waals surface area contributed by atoms with Crippen molar-refractivity contribution in [2.45, 2.75) is 24.3 Å². The summed E-state index contributed by atoms with van der Waals surface area (Å²) in [6.45, 7) is 1.86. The Morgan fingerprint density at radius 3 is 2.76 bits per heavy atom. The van der Waals surface area contributed by atoms with Gasteiger partial charge in [0.1, 0.15) is 11.9 Å². The maximum atomic E-state index is 12.9. The zero-order chi connectivity index (χ0) is 20.8. The van der Waals surface area contributed by atoms with E-state index >= 15 is 0 Å². The maximum absolute atomic E-state index is 12.9. The molecule has 3 N–H and O–H groups in total. The lowest BCUT2D eigenvalue weighted by molar-refractivity contribution is -0.115. The van der Waals surface area contributed by atoms with Crippen LogP contribution >= 0.6 is 23.5 Å². The van der Waals surface area contributed by atoms with E-state index in [1.165, 1.54) is 18.3 Å². The molecule has 0 saturated carbocycles. The Bertz CT molecular complexity index is 1000. The van der Waals surface area contributed by atoms with Gasteiger partial charge < -0.3 is 10.1 Å². The predicted octanol–water partition coefficient (Wildman–Crippen LogP) is 5.16. The predicted molar refractivity (Wildman–Crippen MR) is 114 cm³/mol. The third kappa shape index (κ3) is 5.69. The number of pyridine rings is 1. The number of nitrogens with zero attached hydrogens (tertiary/aromatic N) is 1. The summed E-state index contributed by atoms with van der Waals surface area (Å²) >= 11 is 7.17. The van der Waals surface area contributed by atoms with Gasteiger partial charge in [-0.05, 0) is 54.8 Å². The molecule has 0 aliphatic heterocycles. The van der Waals surface area contributed by atoms with Crippen LogP contribution in [0.5, 0.6) is 5.75 Å². The number of halogens is 2. The summed E-state index contributed by atoms with van der Waals surface area (Å²) in [4.78, 5) is 16.7. The number of hydrogen-bond acceptors (Lipinski definition) is 5. The van der Waals surface area contributed by atoms with E-state index in [2.05, 4.69) is 10.3 Å². The molecule has 5 nitrogen and oxygen atoms in total. The van der Waals surface area contributed by atoms with E-state index in [-0.39, 0.29) is 18.4 Å². The number of benzene rings is 2. The van der Waals surface area contributed by atoms with Crippen molar-refractivity contribution in [1.82, 2.24) is 4.98 Å². The summed E-state index contributed by atoms with van der Waals surface area (Å²) in [5.41, 5.74) is 2.21. The van der Waals surface area contributed by atoms with Gasteiger partial charge in [-0.1, -0.05) is 35.9 Å². The molecular formula is C21H19ClFN3O2S. The van der Waals surface area contributed by atoms with Crippen LogP contribution in [0, 0.1) is 5.95 Å². The fourth-order valence-electron chi connectivity index (χ4n) is 2.77. The van der Waals surface area contributed by atoms with E-state index in [0.29, 0.717) is 16.5 Å². The molecule has 150 valence electrons. The van der Waals surface area contributed by atoms with Crippen molar-refractivity contribution in [3.63, 3.8) is 0 Å². The molecule has 8 heteroatoms. The molecule has 1 amide bonds. The quantitative estimate of drug-likeness (QED) is 0.399. The first-order valence-electron chi connectivity index (χ1n) is 8.78. The Labute approximate surface area is 177 Å². The minimum Gasteiger partial charge on any atom is -0.484 e. The van der Waals surface area contributed by atoms with Gasteiger partial charge in [0, 0.05) is 21.2 Å². The number of nitrogens with two attached hydrogens (primary N) is 1. The lowest BCUT2D eigenvalue weighted by Gasteiger charge is -2.18. The average molecular weight is 432 g/mol.